The summed E-state index contributed by atoms with van der Waals surface area (Å²) in [6, 6.07) is 7.87. The van der Waals surface area contributed by atoms with Crippen molar-refractivity contribution in [3.8, 4) is 0 Å². The van der Waals surface area contributed by atoms with Crippen LogP contribution in [0.4, 0.5) is 0 Å². The molecule has 0 saturated heterocycles. The molecule has 3 rings (SSSR count). The molecule has 3 atom stereocenters. The molecule has 5 heteroatoms. The summed E-state index contributed by atoms with van der Waals surface area (Å²) in [6.07, 6.45) is 5.28. The number of carbonyl (C=O) groups excluding carboxylic acids is 1. The average Bonchev–Trinajstić information content (AvgIpc) is 2.55. The topological polar surface area (TPSA) is 64.3 Å². The quantitative estimate of drug-likeness (QED) is 0.856. The van der Waals surface area contributed by atoms with E-state index in [1.165, 1.54) is 19.3 Å². The zero-order chi connectivity index (χ0) is 17.1. The van der Waals surface area contributed by atoms with Crippen LogP contribution in [0.25, 0.3) is 0 Å². The van der Waals surface area contributed by atoms with Gasteiger partial charge >= 0.3 is 0 Å². The van der Waals surface area contributed by atoms with Gasteiger partial charge in [-0.25, -0.2) is 0 Å². The first-order valence-electron chi connectivity index (χ1n) is 8.90. The third kappa shape index (κ3) is 3.93. The van der Waals surface area contributed by atoms with E-state index in [4.69, 9.17) is 22.1 Å². The molecular formula is C19H27ClN2O2. The first-order valence-corrected chi connectivity index (χ1v) is 9.28. The van der Waals surface area contributed by atoms with Crippen LogP contribution in [-0.4, -0.2) is 25.6 Å². The van der Waals surface area contributed by atoms with Gasteiger partial charge in [0.2, 0.25) is 5.91 Å². The van der Waals surface area contributed by atoms with Gasteiger partial charge in [0.25, 0.3) is 0 Å². The van der Waals surface area contributed by atoms with Gasteiger partial charge in [-0.1, -0.05) is 30.2 Å². The number of nitrogens with two attached hydrogens (primary N) is 1. The fourth-order valence-corrected chi connectivity index (χ4v) is 4.58. The summed E-state index contributed by atoms with van der Waals surface area (Å²) in [5.74, 6) is 1.26. The Hall–Kier alpha value is -1.10. The van der Waals surface area contributed by atoms with Gasteiger partial charge in [-0.05, 0) is 55.2 Å². The number of methoxy groups -OCH3 is 1. The van der Waals surface area contributed by atoms with Crippen LogP contribution in [0.5, 0.6) is 0 Å². The van der Waals surface area contributed by atoms with Crippen LogP contribution >= 0.6 is 11.6 Å². The van der Waals surface area contributed by atoms with Crippen molar-refractivity contribution in [3.05, 3.63) is 34.9 Å². The molecule has 132 valence electrons. The Morgan fingerprint density at radius 3 is 2.71 bits per heavy atom. The Labute approximate surface area is 149 Å². The van der Waals surface area contributed by atoms with Crippen LogP contribution in [0.2, 0.25) is 5.02 Å². The molecule has 2 aliphatic rings. The molecule has 1 aromatic carbocycles. The first kappa shape index (κ1) is 17.7. The molecule has 2 aliphatic carbocycles. The molecule has 0 spiro atoms. The summed E-state index contributed by atoms with van der Waals surface area (Å²) in [5, 5.41) is 3.75. The minimum absolute atomic E-state index is 0.0944. The second-order valence-corrected chi connectivity index (χ2v) is 7.66. The summed E-state index contributed by atoms with van der Waals surface area (Å²) < 4.78 is 5.53. The maximum Gasteiger partial charge on any atom is 0.223 e. The fourth-order valence-electron chi connectivity index (χ4n) is 4.38. The highest BCUT2D eigenvalue weighted by molar-refractivity contribution is 6.30. The predicted octanol–water partition coefficient (Wildman–Crippen LogP) is 3.30. The molecule has 3 unspecified atom stereocenters. The van der Waals surface area contributed by atoms with Crippen molar-refractivity contribution >= 4 is 17.5 Å². The van der Waals surface area contributed by atoms with E-state index >= 15 is 0 Å². The maximum atomic E-state index is 12.6. The summed E-state index contributed by atoms with van der Waals surface area (Å²) in [4.78, 5) is 12.6. The van der Waals surface area contributed by atoms with Crippen molar-refractivity contribution in [2.45, 2.75) is 44.2 Å². The standard InChI is InChI=1S/C19H27ClN2O2/c1-24-17(12-4-3-7-16(20)10-12)11-22-19(23)15-8-13-5-2-6-14(9-15)18(13)21/h3-4,7,10,13-15,17-18H,2,5-6,8-9,11,21H2,1H3,(H,22,23). The van der Waals surface area contributed by atoms with Gasteiger partial charge in [0.1, 0.15) is 0 Å². The Morgan fingerprint density at radius 1 is 1.38 bits per heavy atom. The minimum Gasteiger partial charge on any atom is -0.375 e. The van der Waals surface area contributed by atoms with Gasteiger partial charge in [0.05, 0.1) is 6.10 Å². The zero-order valence-corrected chi connectivity index (χ0v) is 15.0. The summed E-state index contributed by atoms with van der Waals surface area (Å²) >= 11 is 6.04. The number of halogens is 1. The van der Waals surface area contributed by atoms with Crippen molar-refractivity contribution < 1.29 is 9.53 Å². The number of benzene rings is 1. The third-order valence-corrected chi connectivity index (χ3v) is 5.99. The number of amides is 1. The van der Waals surface area contributed by atoms with Crippen LogP contribution < -0.4 is 11.1 Å². The number of hydrogen-bond acceptors (Lipinski definition) is 3. The monoisotopic (exact) mass is 350 g/mol. The van der Waals surface area contributed by atoms with Gasteiger partial charge in [-0.2, -0.15) is 0 Å². The highest BCUT2D eigenvalue weighted by Crippen LogP contribution is 2.41. The normalized spacial score (nSPS) is 30.6. The number of hydrogen-bond donors (Lipinski definition) is 2. The highest BCUT2D eigenvalue weighted by Gasteiger charge is 2.40. The molecule has 1 aromatic rings. The van der Waals surface area contributed by atoms with E-state index in [-0.39, 0.29) is 17.9 Å². The van der Waals surface area contributed by atoms with Gasteiger partial charge in [0.15, 0.2) is 0 Å². The lowest BCUT2D eigenvalue weighted by atomic mass is 9.65. The smallest absolute Gasteiger partial charge is 0.223 e. The molecular weight excluding hydrogens is 324 g/mol. The van der Waals surface area contributed by atoms with Crippen LogP contribution in [0, 0.1) is 17.8 Å². The van der Waals surface area contributed by atoms with E-state index in [0.717, 1.165) is 18.4 Å². The molecule has 2 saturated carbocycles. The Kier molecular flexibility index (Phi) is 5.80. The van der Waals surface area contributed by atoms with E-state index in [0.29, 0.717) is 29.4 Å². The number of fused-ring (bicyclic) bond motifs is 2. The molecule has 0 aliphatic heterocycles. The lowest BCUT2D eigenvalue weighted by Crippen LogP contribution is -2.49. The molecule has 2 fully saturated rings. The molecule has 0 radical (unpaired) electrons. The lowest BCUT2D eigenvalue weighted by Gasteiger charge is -2.43. The van der Waals surface area contributed by atoms with Crippen molar-refractivity contribution in [3.63, 3.8) is 0 Å². The molecule has 2 bridgehead atoms. The molecule has 3 N–H and O–H groups in total. The summed E-state index contributed by atoms with van der Waals surface area (Å²) in [7, 11) is 1.65. The number of carbonyl (C=O) groups is 1. The Bertz CT molecular complexity index is 566. The SMILES string of the molecule is COC(CNC(=O)C1CC2CCCC(C1)C2N)c1cccc(Cl)c1. The first-order chi connectivity index (χ1) is 11.6. The van der Waals surface area contributed by atoms with Gasteiger partial charge in [-0.3, -0.25) is 4.79 Å². The number of ether oxygens (including phenoxy) is 1. The molecule has 1 amide bonds. The fraction of sp³-hybridized carbons (Fsp3) is 0.632. The Balaban J connectivity index is 1.56. The average molecular weight is 351 g/mol. The summed E-state index contributed by atoms with van der Waals surface area (Å²) in [5.41, 5.74) is 7.30. The second kappa shape index (κ2) is 7.85. The van der Waals surface area contributed by atoms with Crippen molar-refractivity contribution in [2.24, 2.45) is 23.5 Å². The number of nitrogens with one attached hydrogen (secondary N) is 1. The maximum absolute atomic E-state index is 12.6. The largest absolute Gasteiger partial charge is 0.375 e. The predicted molar refractivity (Wildman–Crippen MR) is 95.7 cm³/mol. The van der Waals surface area contributed by atoms with E-state index < -0.39 is 0 Å². The Morgan fingerprint density at radius 2 is 2.08 bits per heavy atom. The van der Waals surface area contributed by atoms with Crippen LogP contribution in [0.15, 0.2) is 24.3 Å². The van der Waals surface area contributed by atoms with E-state index in [1.807, 2.05) is 24.3 Å². The van der Waals surface area contributed by atoms with Gasteiger partial charge < -0.3 is 15.8 Å². The van der Waals surface area contributed by atoms with E-state index in [2.05, 4.69) is 5.32 Å². The molecule has 0 aromatic heterocycles. The second-order valence-electron chi connectivity index (χ2n) is 7.22. The van der Waals surface area contributed by atoms with Crippen LogP contribution in [0.3, 0.4) is 0 Å². The third-order valence-electron chi connectivity index (χ3n) is 5.75. The van der Waals surface area contributed by atoms with Crippen molar-refractivity contribution in [2.75, 3.05) is 13.7 Å². The zero-order valence-electron chi connectivity index (χ0n) is 14.2. The van der Waals surface area contributed by atoms with Crippen molar-refractivity contribution in [1.82, 2.24) is 5.32 Å². The number of rotatable bonds is 5. The van der Waals surface area contributed by atoms with E-state index in [1.54, 1.807) is 7.11 Å². The van der Waals surface area contributed by atoms with Gasteiger partial charge in [0, 0.05) is 30.6 Å². The lowest BCUT2D eigenvalue weighted by molar-refractivity contribution is -0.128. The summed E-state index contributed by atoms with van der Waals surface area (Å²) in [6.45, 7) is 0.466. The van der Waals surface area contributed by atoms with Gasteiger partial charge in [-0.15, -0.1) is 0 Å². The van der Waals surface area contributed by atoms with Crippen molar-refractivity contribution in [1.29, 1.82) is 0 Å². The highest BCUT2D eigenvalue weighted by atomic mass is 35.5. The molecule has 4 nitrogen and oxygen atoms in total. The van der Waals surface area contributed by atoms with Crippen LogP contribution in [-0.2, 0) is 9.53 Å². The van der Waals surface area contributed by atoms with Crippen LogP contribution in [0.1, 0.15) is 43.8 Å². The minimum atomic E-state index is -0.182. The molecule has 0 heterocycles. The van der Waals surface area contributed by atoms with E-state index in [9.17, 15) is 4.79 Å². The molecule has 24 heavy (non-hydrogen) atoms.